The molecule has 0 aliphatic heterocycles. The van der Waals surface area contributed by atoms with Gasteiger partial charge in [0.25, 0.3) is 0 Å². The quantitative estimate of drug-likeness (QED) is 0.230. The Kier molecular flexibility index (Phi) is 12.0. The van der Waals surface area contributed by atoms with E-state index in [1.54, 1.807) is 30.3 Å². The van der Waals surface area contributed by atoms with Crippen molar-refractivity contribution in [3.8, 4) is 5.75 Å². The van der Waals surface area contributed by atoms with Gasteiger partial charge in [-0.3, -0.25) is 0 Å². The summed E-state index contributed by atoms with van der Waals surface area (Å²) in [7, 11) is 0. The van der Waals surface area contributed by atoms with E-state index in [-0.39, 0.29) is 51.7 Å². The zero-order valence-electron chi connectivity index (χ0n) is 15.6. The second kappa shape index (κ2) is 12.8. The number of azo groups is 1. The van der Waals surface area contributed by atoms with Crippen LogP contribution >= 0.6 is 0 Å². The fourth-order valence-corrected chi connectivity index (χ4v) is 2.39. The van der Waals surface area contributed by atoms with Gasteiger partial charge < -0.3 is 17.3 Å². The number of aromatic hydroxyl groups is 1. The number of rotatable bonds is 8. The van der Waals surface area contributed by atoms with E-state index >= 15 is 0 Å². The van der Waals surface area contributed by atoms with Crippen LogP contribution in [0.15, 0.2) is 52.7 Å². The third kappa shape index (κ3) is 7.80. The monoisotopic (exact) mass is 427 g/mol. The van der Waals surface area contributed by atoms with E-state index in [0.29, 0.717) is 16.9 Å². The van der Waals surface area contributed by atoms with E-state index in [1.165, 1.54) is 19.3 Å². The molecule has 4 nitrogen and oxygen atoms in total. The van der Waals surface area contributed by atoms with Crippen molar-refractivity contribution in [2.75, 3.05) is 0 Å². The zero-order chi connectivity index (χ0) is 17.4. The molecule has 26 heavy (non-hydrogen) atoms. The van der Waals surface area contributed by atoms with E-state index < -0.39 is 0 Å². The van der Waals surface area contributed by atoms with Gasteiger partial charge in [0.15, 0.2) is 0 Å². The summed E-state index contributed by atoms with van der Waals surface area (Å²) in [6, 6.07) is 12.2. The fourth-order valence-electron chi connectivity index (χ4n) is 2.39. The number of aryl methyl sites for hydroxylation is 1. The number of benzene rings is 2. The van der Waals surface area contributed by atoms with Crippen molar-refractivity contribution in [1.82, 2.24) is 0 Å². The molecule has 0 aliphatic rings. The number of ketones is 1. The van der Waals surface area contributed by atoms with Gasteiger partial charge in [-0.25, -0.2) is 0 Å². The van der Waals surface area contributed by atoms with Crippen LogP contribution in [0.1, 0.15) is 48.5 Å². The molecule has 0 fully saturated rings. The molecular weight excluding hydrogens is 401 g/mol. The van der Waals surface area contributed by atoms with Crippen LogP contribution < -0.4 is 0 Å². The molecule has 0 saturated carbocycles. The second-order valence-electron chi connectivity index (χ2n) is 5.80. The summed E-state index contributed by atoms with van der Waals surface area (Å²) in [5.74, 6) is -0.118. The third-order valence-electron chi connectivity index (χ3n) is 3.82. The molecule has 5 heteroatoms. The molecule has 1 N–H and O–H groups in total. The summed E-state index contributed by atoms with van der Waals surface area (Å²) in [6.45, 7) is 5.56. The standard InChI is InChI=1S/C20H23N2O2.CH3.Y/c1-3-4-5-6-7-16-8-13-20(24)19(14-16)22-21-18-11-9-17(10-12-18)15(2)23;;/h8-14,24H,2-7H2,1H3;1H3;/q2*-1;. The molecule has 0 atom stereocenters. The van der Waals surface area contributed by atoms with E-state index in [4.69, 9.17) is 0 Å². The summed E-state index contributed by atoms with van der Waals surface area (Å²) in [6.07, 6.45) is 5.79. The van der Waals surface area contributed by atoms with Gasteiger partial charge in [-0.15, -0.1) is 22.8 Å². The van der Waals surface area contributed by atoms with Gasteiger partial charge >= 0.3 is 0 Å². The fraction of sp³-hybridized carbons (Fsp3) is 0.286. The Morgan fingerprint density at radius 3 is 2.35 bits per heavy atom. The zero-order valence-corrected chi connectivity index (χ0v) is 18.4. The largest absolute Gasteiger partial charge is 0.506 e. The molecule has 2 rings (SSSR count). The van der Waals surface area contributed by atoms with Gasteiger partial charge in [-0.1, -0.05) is 44.4 Å². The molecule has 0 unspecified atom stereocenters. The number of phenols is 1. The summed E-state index contributed by atoms with van der Waals surface area (Å²) >= 11 is 0. The van der Waals surface area contributed by atoms with Gasteiger partial charge in [0.05, 0.1) is 5.69 Å². The molecule has 137 valence electrons. The normalized spacial score (nSPS) is 10.2. The Morgan fingerprint density at radius 2 is 1.73 bits per heavy atom. The van der Waals surface area contributed by atoms with Crippen LogP contribution in [0.3, 0.4) is 0 Å². The molecule has 0 aliphatic carbocycles. The smallest absolute Gasteiger partial charge is 0.143 e. The number of hydrogen-bond donors (Lipinski definition) is 1. The molecule has 0 aromatic heterocycles. The maximum atomic E-state index is 11.1. The first-order valence-electron chi connectivity index (χ1n) is 8.30. The summed E-state index contributed by atoms with van der Waals surface area (Å²) in [5, 5.41) is 18.2. The Balaban J connectivity index is 0.00000312. The molecule has 0 heterocycles. The minimum Gasteiger partial charge on any atom is -0.506 e. The summed E-state index contributed by atoms with van der Waals surface area (Å²) in [5.41, 5.74) is 2.76. The van der Waals surface area contributed by atoms with E-state index in [0.717, 1.165) is 18.4 Å². The number of carbonyl (C=O) groups is 1. The van der Waals surface area contributed by atoms with E-state index in [2.05, 4.69) is 24.1 Å². The van der Waals surface area contributed by atoms with Crippen LogP contribution in [0.5, 0.6) is 5.75 Å². The molecule has 0 amide bonds. The van der Waals surface area contributed by atoms with Crippen LogP contribution in [-0.4, -0.2) is 10.9 Å². The minimum absolute atomic E-state index is 0. The topological polar surface area (TPSA) is 62.0 Å². The van der Waals surface area contributed by atoms with Gasteiger partial charge in [-0.05, 0) is 30.5 Å². The molecule has 0 spiro atoms. The van der Waals surface area contributed by atoms with Gasteiger partial charge in [0, 0.05) is 38.5 Å². The van der Waals surface area contributed by atoms with Crippen molar-refractivity contribution >= 4 is 17.2 Å². The predicted molar refractivity (Wildman–Crippen MR) is 103 cm³/mol. The number of phenolic OH excluding ortho intramolecular Hbond substituents is 1. The third-order valence-corrected chi connectivity index (χ3v) is 3.82. The van der Waals surface area contributed by atoms with Gasteiger partial charge in [0.2, 0.25) is 0 Å². The Bertz CT molecular complexity index is 712. The Morgan fingerprint density at radius 1 is 1.04 bits per heavy atom. The van der Waals surface area contributed by atoms with E-state index in [1.807, 2.05) is 12.1 Å². The number of carbonyl (C=O) groups excluding carboxylic acids is 1. The van der Waals surface area contributed by atoms with Crippen LogP contribution in [-0.2, 0) is 39.1 Å². The van der Waals surface area contributed by atoms with E-state index in [9.17, 15) is 9.90 Å². The SMILES string of the molecule is [CH2-]C(=O)c1ccc(N=Nc2cc(CCCCCC)ccc2O)cc1.[CH3-].[Y]. The number of hydrogen-bond acceptors (Lipinski definition) is 4. The maximum absolute atomic E-state index is 11.1. The minimum atomic E-state index is -0.230. The molecule has 1 radical (unpaired) electrons. The molecule has 0 bridgehead atoms. The first kappa shape index (κ1) is 24.5. The van der Waals surface area contributed by atoms with Crippen LogP contribution in [0.4, 0.5) is 11.4 Å². The predicted octanol–water partition coefficient (Wildman–Crippen LogP) is 6.39. The maximum Gasteiger partial charge on any atom is 0.143 e. The van der Waals surface area contributed by atoms with Crippen LogP contribution in [0.2, 0.25) is 0 Å². The van der Waals surface area contributed by atoms with Crippen molar-refractivity contribution in [2.24, 2.45) is 10.2 Å². The summed E-state index contributed by atoms with van der Waals surface area (Å²) in [4.78, 5) is 11.1. The Hall–Kier alpha value is -1.52. The molecule has 2 aromatic carbocycles. The number of unbranched alkanes of at least 4 members (excludes halogenated alkanes) is 3. The molecular formula is C21H26N2O2Y-2. The average Bonchev–Trinajstić information content (AvgIpc) is 2.59. The summed E-state index contributed by atoms with van der Waals surface area (Å²) < 4.78 is 0. The van der Waals surface area contributed by atoms with Crippen molar-refractivity contribution in [3.05, 3.63) is 67.9 Å². The number of nitrogens with zero attached hydrogens (tertiary/aromatic N) is 2. The first-order valence-corrected chi connectivity index (χ1v) is 8.30. The van der Waals surface area contributed by atoms with Gasteiger partial charge in [0.1, 0.15) is 11.4 Å². The van der Waals surface area contributed by atoms with Crippen molar-refractivity contribution < 1.29 is 42.6 Å². The average molecular weight is 427 g/mol. The number of Topliss-reactive ketones (excluding diaryl/α,β-unsaturated/α-hetero) is 1. The van der Waals surface area contributed by atoms with Gasteiger partial charge in [-0.2, -0.15) is 12.0 Å². The van der Waals surface area contributed by atoms with Crippen molar-refractivity contribution in [2.45, 2.75) is 39.0 Å². The Labute approximate surface area is 182 Å². The first-order chi connectivity index (χ1) is 11.6. The molecule has 0 saturated heterocycles. The molecule has 2 aromatic rings. The van der Waals surface area contributed by atoms with Crippen LogP contribution in [0.25, 0.3) is 0 Å². The van der Waals surface area contributed by atoms with Crippen LogP contribution in [0, 0.1) is 14.4 Å². The van der Waals surface area contributed by atoms with Crippen molar-refractivity contribution in [1.29, 1.82) is 0 Å². The second-order valence-corrected chi connectivity index (χ2v) is 5.80. The van der Waals surface area contributed by atoms with Crippen molar-refractivity contribution in [3.63, 3.8) is 0 Å².